The van der Waals surface area contributed by atoms with Crippen LogP contribution in [0.5, 0.6) is 0 Å². The molecule has 7 nitrogen and oxygen atoms in total. The van der Waals surface area contributed by atoms with Gasteiger partial charge in [-0.3, -0.25) is 0 Å². The molecule has 3 aliphatic rings. The maximum absolute atomic E-state index is 14.2. The van der Waals surface area contributed by atoms with Gasteiger partial charge in [0.25, 0.3) is 0 Å². The van der Waals surface area contributed by atoms with E-state index in [4.69, 9.17) is 16.3 Å². The Labute approximate surface area is 246 Å². The highest BCUT2D eigenvalue weighted by molar-refractivity contribution is 7.89. The first-order valence-electron chi connectivity index (χ1n) is 14.6. The van der Waals surface area contributed by atoms with E-state index in [2.05, 4.69) is 4.90 Å². The summed E-state index contributed by atoms with van der Waals surface area (Å²) >= 11 is 6.00. The van der Waals surface area contributed by atoms with E-state index in [1.165, 1.54) is 60.0 Å². The van der Waals surface area contributed by atoms with Crippen LogP contribution in [0, 0.1) is 11.6 Å². The molecule has 0 saturated carbocycles. The van der Waals surface area contributed by atoms with Crippen molar-refractivity contribution in [1.82, 2.24) is 14.1 Å². The molecule has 0 N–H and O–H groups in total. The monoisotopic (exact) mass is 609 g/mol. The minimum Gasteiger partial charge on any atom is -0.448 e. The predicted octanol–water partition coefficient (Wildman–Crippen LogP) is 6.38. The maximum atomic E-state index is 14.2. The first-order valence-corrected chi connectivity index (χ1v) is 16.4. The molecule has 1 amide bonds. The Bertz CT molecular complexity index is 1300. The number of piperidine rings is 3. The second-order valence-corrected chi connectivity index (χ2v) is 13.8. The molecule has 41 heavy (non-hydrogen) atoms. The third-order valence-corrected chi connectivity index (χ3v) is 11.0. The summed E-state index contributed by atoms with van der Waals surface area (Å²) in [6.45, 7) is 4.68. The van der Waals surface area contributed by atoms with Gasteiger partial charge in [0, 0.05) is 29.7 Å². The van der Waals surface area contributed by atoms with Crippen LogP contribution < -0.4 is 0 Å². The summed E-state index contributed by atoms with van der Waals surface area (Å²) in [7, 11) is -4.13. The van der Waals surface area contributed by atoms with E-state index in [1.54, 1.807) is 4.90 Å². The molecule has 224 valence electrons. The quantitative estimate of drug-likeness (QED) is 0.380. The van der Waals surface area contributed by atoms with E-state index >= 15 is 0 Å². The Morgan fingerprint density at radius 1 is 0.951 bits per heavy atom. The Kier molecular flexibility index (Phi) is 9.53. The van der Waals surface area contributed by atoms with Gasteiger partial charge in [-0.15, -0.1) is 0 Å². The summed E-state index contributed by atoms with van der Waals surface area (Å²) in [5.41, 5.74) is 0.226. The first kappa shape index (κ1) is 30.2. The molecule has 11 heteroatoms. The number of hydrogen-bond acceptors (Lipinski definition) is 5. The average Bonchev–Trinajstić information content (AvgIpc) is 2.95. The van der Waals surface area contributed by atoms with Crippen molar-refractivity contribution < 1.29 is 26.7 Å². The summed E-state index contributed by atoms with van der Waals surface area (Å²) in [6.07, 6.45) is 6.44. The lowest BCUT2D eigenvalue weighted by atomic mass is 9.93. The third-order valence-electron chi connectivity index (χ3n) is 8.73. The Morgan fingerprint density at radius 2 is 1.63 bits per heavy atom. The number of halogens is 3. The van der Waals surface area contributed by atoms with Crippen LogP contribution in [0.2, 0.25) is 5.02 Å². The number of rotatable bonds is 6. The topological polar surface area (TPSA) is 70.2 Å². The van der Waals surface area contributed by atoms with Crippen LogP contribution >= 0.6 is 11.6 Å². The van der Waals surface area contributed by atoms with Crippen molar-refractivity contribution in [2.45, 2.75) is 87.4 Å². The lowest BCUT2D eigenvalue weighted by Gasteiger charge is -2.43. The second-order valence-electron chi connectivity index (χ2n) is 11.5. The van der Waals surface area contributed by atoms with Crippen LogP contribution in [0.3, 0.4) is 0 Å². The van der Waals surface area contributed by atoms with Crippen LogP contribution in [0.25, 0.3) is 0 Å². The zero-order valence-electron chi connectivity index (χ0n) is 23.4. The van der Waals surface area contributed by atoms with E-state index < -0.39 is 39.8 Å². The van der Waals surface area contributed by atoms with Crippen molar-refractivity contribution in [3.8, 4) is 0 Å². The molecule has 2 aromatic rings. The molecule has 3 fully saturated rings. The van der Waals surface area contributed by atoms with Gasteiger partial charge in [0.2, 0.25) is 10.0 Å². The van der Waals surface area contributed by atoms with Crippen molar-refractivity contribution >= 4 is 27.7 Å². The van der Waals surface area contributed by atoms with Gasteiger partial charge in [0.05, 0.1) is 17.0 Å². The van der Waals surface area contributed by atoms with Crippen molar-refractivity contribution in [3.05, 3.63) is 64.7 Å². The molecule has 4 atom stereocenters. The largest absolute Gasteiger partial charge is 0.448 e. The average molecular weight is 610 g/mol. The third kappa shape index (κ3) is 6.87. The fourth-order valence-corrected chi connectivity index (χ4v) is 8.64. The van der Waals surface area contributed by atoms with E-state index in [-0.39, 0.29) is 23.1 Å². The van der Waals surface area contributed by atoms with E-state index in [9.17, 15) is 22.0 Å². The Hall–Kier alpha value is -2.27. The minimum absolute atomic E-state index is 0.00597. The number of carbonyl (C=O) groups is 1. The van der Waals surface area contributed by atoms with Gasteiger partial charge in [-0.05, 0) is 107 Å². The highest BCUT2D eigenvalue weighted by atomic mass is 35.5. The number of benzene rings is 2. The maximum Gasteiger partial charge on any atom is 0.410 e. The van der Waals surface area contributed by atoms with Gasteiger partial charge < -0.3 is 14.5 Å². The zero-order chi connectivity index (χ0) is 29.1. The highest BCUT2D eigenvalue weighted by Gasteiger charge is 2.42. The van der Waals surface area contributed by atoms with Crippen LogP contribution in [0.15, 0.2) is 47.4 Å². The number of ether oxygens (including phenoxy) is 1. The van der Waals surface area contributed by atoms with Gasteiger partial charge in [0.15, 0.2) is 0 Å². The highest BCUT2D eigenvalue weighted by Crippen LogP contribution is 2.40. The van der Waals surface area contributed by atoms with Crippen molar-refractivity contribution in [2.24, 2.45) is 0 Å². The van der Waals surface area contributed by atoms with Gasteiger partial charge >= 0.3 is 6.09 Å². The molecule has 0 aromatic heterocycles. The molecular weight excluding hydrogens is 572 g/mol. The summed E-state index contributed by atoms with van der Waals surface area (Å²) in [4.78, 5) is 17.5. The number of likely N-dealkylation sites (tertiary alicyclic amines) is 2. The predicted molar refractivity (Wildman–Crippen MR) is 153 cm³/mol. The van der Waals surface area contributed by atoms with E-state index in [1.807, 2.05) is 6.92 Å². The standard InChI is InChI=1S/C30H38ClF2N3O4S/c1-21-16-26(34-13-3-2-4-14-34)12-15-35(21)30(37)40-20-27-6-5-7-29(22-17-24(32)19-25(33)18-22)36(27)41(38,39)28-10-8-23(31)9-11-28/h8-11,17-19,21,26-27,29H,2-7,12-16,20H2,1H3. The second kappa shape index (κ2) is 12.9. The molecule has 3 saturated heterocycles. The molecule has 3 heterocycles. The van der Waals surface area contributed by atoms with Gasteiger partial charge in [-0.25, -0.2) is 22.0 Å². The molecule has 2 aromatic carbocycles. The molecule has 0 aliphatic carbocycles. The molecule has 5 rings (SSSR count). The Morgan fingerprint density at radius 3 is 2.29 bits per heavy atom. The van der Waals surface area contributed by atoms with Crippen molar-refractivity contribution in [2.75, 3.05) is 26.2 Å². The summed E-state index contributed by atoms with van der Waals surface area (Å²) in [6, 6.07) is 7.83. The summed E-state index contributed by atoms with van der Waals surface area (Å²) < 4.78 is 63.5. The lowest BCUT2D eigenvalue weighted by Crippen LogP contribution is -2.53. The van der Waals surface area contributed by atoms with Crippen molar-refractivity contribution in [3.63, 3.8) is 0 Å². The van der Waals surface area contributed by atoms with Crippen LogP contribution in [-0.2, 0) is 14.8 Å². The van der Waals surface area contributed by atoms with Gasteiger partial charge in [-0.2, -0.15) is 4.31 Å². The SMILES string of the molecule is CC1CC(N2CCCCC2)CCN1C(=O)OCC1CCCC(c2cc(F)cc(F)c2)N1S(=O)(=O)c1ccc(Cl)cc1. The smallest absolute Gasteiger partial charge is 0.410 e. The number of amides is 1. The summed E-state index contributed by atoms with van der Waals surface area (Å²) in [5.74, 6) is -1.56. The lowest BCUT2D eigenvalue weighted by molar-refractivity contribution is 0.0282. The minimum atomic E-state index is -4.13. The van der Waals surface area contributed by atoms with Crippen LogP contribution in [0.4, 0.5) is 13.6 Å². The zero-order valence-corrected chi connectivity index (χ0v) is 24.9. The molecule has 0 spiro atoms. The Balaban J connectivity index is 1.34. The van der Waals surface area contributed by atoms with Crippen molar-refractivity contribution in [1.29, 1.82) is 0 Å². The summed E-state index contributed by atoms with van der Waals surface area (Å²) in [5, 5.41) is 0.384. The molecule has 4 unspecified atom stereocenters. The number of sulfonamides is 1. The first-order chi connectivity index (χ1) is 19.6. The normalized spacial score (nSPS) is 26.6. The van der Waals surface area contributed by atoms with E-state index in [0.29, 0.717) is 36.9 Å². The molecule has 0 radical (unpaired) electrons. The number of hydrogen-bond donors (Lipinski definition) is 0. The van der Waals surface area contributed by atoms with Crippen LogP contribution in [0.1, 0.15) is 69.9 Å². The fraction of sp³-hybridized carbons (Fsp3) is 0.567. The van der Waals surface area contributed by atoms with Gasteiger partial charge in [0.1, 0.15) is 18.2 Å². The number of nitrogens with zero attached hydrogens (tertiary/aromatic N) is 3. The fourth-order valence-electron chi connectivity index (χ4n) is 6.67. The van der Waals surface area contributed by atoms with Crippen LogP contribution in [-0.4, -0.2) is 73.0 Å². The number of carbonyl (C=O) groups excluding carboxylic acids is 1. The van der Waals surface area contributed by atoms with E-state index in [0.717, 1.165) is 32.0 Å². The molecular formula is C30H38ClF2N3O4S. The van der Waals surface area contributed by atoms with Gasteiger partial charge in [-0.1, -0.05) is 18.0 Å². The molecule has 3 aliphatic heterocycles. The molecule has 0 bridgehead atoms.